The Kier molecular flexibility index (Phi) is 10.7. The number of carbonyl (C=O) groups is 1. The minimum Gasteiger partial charge on any atom is -0.490 e. The van der Waals surface area contributed by atoms with E-state index >= 15 is 0 Å². The average Bonchev–Trinajstić information content (AvgIpc) is 2.74. The SMILES string of the molecule is CCCCCCCCOc1c(Cl)cc(/C=C(/C#N)C(=O)Nc2ccc(Cl)cc2)cc1Cl. The molecule has 7 heteroatoms. The summed E-state index contributed by atoms with van der Waals surface area (Å²) in [5.41, 5.74) is 0.984. The van der Waals surface area contributed by atoms with Gasteiger partial charge in [0.25, 0.3) is 5.91 Å². The van der Waals surface area contributed by atoms with Crippen LogP contribution in [0.15, 0.2) is 42.0 Å². The molecule has 2 aromatic rings. The number of amides is 1. The highest BCUT2D eigenvalue weighted by molar-refractivity contribution is 6.37. The highest BCUT2D eigenvalue weighted by Crippen LogP contribution is 2.35. The van der Waals surface area contributed by atoms with Gasteiger partial charge < -0.3 is 10.1 Å². The number of rotatable bonds is 11. The quantitative estimate of drug-likeness (QED) is 0.202. The van der Waals surface area contributed by atoms with Gasteiger partial charge in [-0.25, -0.2) is 0 Å². The predicted molar refractivity (Wildman–Crippen MR) is 129 cm³/mol. The van der Waals surface area contributed by atoms with Crippen LogP contribution in [0.2, 0.25) is 15.1 Å². The van der Waals surface area contributed by atoms with Crippen LogP contribution in [0.1, 0.15) is 51.0 Å². The predicted octanol–water partition coefficient (Wildman–Crippen LogP) is 7.93. The summed E-state index contributed by atoms with van der Waals surface area (Å²) in [6.07, 6.45) is 8.38. The molecule has 0 fully saturated rings. The summed E-state index contributed by atoms with van der Waals surface area (Å²) in [6.45, 7) is 2.73. The van der Waals surface area contributed by atoms with Gasteiger partial charge in [-0.3, -0.25) is 4.79 Å². The molecule has 2 rings (SSSR count). The summed E-state index contributed by atoms with van der Waals surface area (Å²) in [5.74, 6) is -0.126. The lowest BCUT2D eigenvalue weighted by molar-refractivity contribution is -0.112. The maximum atomic E-state index is 12.4. The highest BCUT2D eigenvalue weighted by atomic mass is 35.5. The monoisotopic (exact) mass is 478 g/mol. The summed E-state index contributed by atoms with van der Waals surface area (Å²) in [4.78, 5) is 12.4. The van der Waals surface area contributed by atoms with Crippen LogP contribution in [0.25, 0.3) is 6.08 Å². The van der Waals surface area contributed by atoms with E-state index in [1.165, 1.54) is 31.8 Å². The second-order valence-corrected chi connectivity index (χ2v) is 8.31. The van der Waals surface area contributed by atoms with Gasteiger partial charge in [0.15, 0.2) is 5.75 Å². The molecule has 0 atom stereocenters. The first-order valence-electron chi connectivity index (χ1n) is 10.2. The van der Waals surface area contributed by atoms with Crippen LogP contribution < -0.4 is 10.1 Å². The number of nitrogens with zero attached hydrogens (tertiary/aromatic N) is 1. The zero-order valence-electron chi connectivity index (χ0n) is 17.4. The molecule has 1 N–H and O–H groups in total. The van der Waals surface area contributed by atoms with Crippen molar-refractivity contribution in [2.75, 3.05) is 11.9 Å². The molecular formula is C24H25Cl3N2O2. The Labute approximate surface area is 198 Å². The first kappa shape index (κ1) is 25.1. The van der Waals surface area contributed by atoms with Gasteiger partial charge in [0.2, 0.25) is 0 Å². The van der Waals surface area contributed by atoms with Crippen LogP contribution in [-0.2, 0) is 4.79 Å². The zero-order valence-corrected chi connectivity index (χ0v) is 19.7. The largest absolute Gasteiger partial charge is 0.490 e. The van der Waals surface area contributed by atoms with Crippen LogP contribution in [0.3, 0.4) is 0 Å². The number of carbonyl (C=O) groups excluding carboxylic acids is 1. The number of hydrogen-bond donors (Lipinski definition) is 1. The summed E-state index contributed by atoms with van der Waals surface area (Å²) in [6, 6.07) is 11.7. The summed E-state index contributed by atoms with van der Waals surface area (Å²) < 4.78 is 5.76. The van der Waals surface area contributed by atoms with Crippen molar-refractivity contribution in [2.45, 2.75) is 45.4 Å². The van der Waals surface area contributed by atoms with Crippen molar-refractivity contribution >= 4 is 52.5 Å². The summed E-state index contributed by atoms with van der Waals surface area (Å²) in [7, 11) is 0. The lowest BCUT2D eigenvalue weighted by Gasteiger charge is -2.11. The second kappa shape index (κ2) is 13.3. The number of nitriles is 1. The summed E-state index contributed by atoms with van der Waals surface area (Å²) in [5, 5.41) is 13.3. The molecule has 0 saturated carbocycles. The third kappa shape index (κ3) is 8.45. The van der Waals surface area contributed by atoms with Crippen LogP contribution in [-0.4, -0.2) is 12.5 Å². The van der Waals surface area contributed by atoms with E-state index < -0.39 is 5.91 Å². The molecule has 0 radical (unpaired) electrons. The van der Waals surface area contributed by atoms with Crippen molar-refractivity contribution in [3.63, 3.8) is 0 Å². The van der Waals surface area contributed by atoms with Crippen molar-refractivity contribution in [1.29, 1.82) is 5.26 Å². The lowest BCUT2D eigenvalue weighted by atomic mass is 10.1. The van der Waals surface area contributed by atoms with Gasteiger partial charge >= 0.3 is 0 Å². The van der Waals surface area contributed by atoms with E-state index in [4.69, 9.17) is 39.5 Å². The van der Waals surface area contributed by atoms with E-state index in [1.807, 2.05) is 6.07 Å². The van der Waals surface area contributed by atoms with Crippen molar-refractivity contribution in [2.24, 2.45) is 0 Å². The molecule has 164 valence electrons. The number of benzene rings is 2. The van der Waals surface area contributed by atoms with Gasteiger partial charge in [-0.15, -0.1) is 0 Å². The molecule has 4 nitrogen and oxygen atoms in total. The van der Waals surface area contributed by atoms with E-state index in [0.29, 0.717) is 38.7 Å². The van der Waals surface area contributed by atoms with Gasteiger partial charge in [0.05, 0.1) is 16.7 Å². The molecule has 0 aliphatic carbocycles. The van der Waals surface area contributed by atoms with Crippen molar-refractivity contribution < 1.29 is 9.53 Å². The van der Waals surface area contributed by atoms with E-state index in [9.17, 15) is 10.1 Å². The minimum absolute atomic E-state index is 0.0807. The Balaban J connectivity index is 2.01. The molecule has 0 spiro atoms. The van der Waals surface area contributed by atoms with Crippen LogP contribution in [0, 0.1) is 11.3 Å². The molecule has 0 aliphatic rings. The Bertz CT molecular complexity index is 927. The van der Waals surface area contributed by atoms with E-state index in [2.05, 4.69) is 12.2 Å². The van der Waals surface area contributed by atoms with Crippen LogP contribution in [0.4, 0.5) is 5.69 Å². The molecule has 0 aliphatic heterocycles. The Hall–Kier alpha value is -2.19. The number of halogens is 3. The second-order valence-electron chi connectivity index (χ2n) is 7.06. The fraction of sp³-hybridized carbons (Fsp3) is 0.333. The number of ether oxygens (including phenoxy) is 1. The molecular weight excluding hydrogens is 455 g/mol. The third-order valence-corrected chi connectivity index (χ3v) is 5.36. The van der Waals surface area contributed by atoms with Gasteiger partial charge in [-0.05, 0) is 54.5 Å². The molecule has 2 aromatic carbocycles. The highest BCUT2D eigenvalue weighted by Gasteiger charge is 2.13. The normalized spacial score (nSPS) is 11.1. The maximum Gasteiger partial charge on any atom is 0.266 e. The number of hydrogen-bond acceptors (Lipinski definition) is 3. The number of nitrogens with one attached hydrogen (secondary N) is 1. The molecule has 0 bridgehead atoms. The average molecular weight is 480 g/mol. The minimum atomic E-state index is -0.541. The topological polar surface area (TPSA) is 62.1 Å². The molecule has 0 saturated heterocycles. The Morgan fingerprint density at radius 2 is 1.65 bits per heavy atom. The van der Waals surface area contributed by atoms with Crippen LogP contribution in [0.5, 0.6) is 5.75 Å². The van der Waals surface area contributed by atoms with Gasteiger partial charge in [0, 0.05) is 10.7 Å². The molecule has 31 heavy (non-hydrogen) atoms. The standard InChI is InChI=1S/C24H25Cl3N2O2/c1-2-3-4-5-6-7-12-31-23-21(26)14-17(15-22(23)27)13-18(16-28)24(30)29-20-10-8-19(25)9-11-20/h8-11,13-15H,2-7,12H2,1H3,(H,29,30)/b18-13-. The van der Waals surface area contributed by atoms with Crippen LogP contribution >= 0.6 is 34.8 Å². The summed E-state index contributed by atoms with van der Waals surface area (Å²) >= 11 is 18.5. The molecule has 0 aromatic heterocycles. The Morgan fingerprint density at radius 3 is 2.26 bits per heavy atom. The first-order valence-corrected chi connectivity index (χ1v) is 11.4. The van der Waals surface area contributed by atoms with Gasteiger partial charge in [-0.2, -0.15) is 5.26 Å². The fourth-order valence-corrected chi connectivity index (χ4v) is 3.64. The van der Waals surface area contributed by atoms with Crippen molar-refractivity contribution in [3.8, 4) is 11.8 Å². The van der Waals surface area contributed by atoms with E-state index in [1.54, 1.807) is 36.4 Å². The molecule has 0 unspecified atom stereocenters. The van der Waals surface area contributed by atoms with E-state index in [0.717, 1.165) is 12.8 Å². The smallest absolute Gasteiger partial charge is 0.266 e. The van der Waals surface area contributed by atoms with Gasteiger partial charge in [-0.1, -0.05) is 73.8 Å². The maximum absolute atomic E-state index is 12.4. The van der Waals surface area contributed by atoms with Crippen molar-refractivity contribution in [1.82, 2.24) is 0 Å². The van der Waals surface area contributed by atoms with Gasteiger partial charge in [0.1, 0.15) is 11.6 Å². The fourth-order valence-electron chi connectivity index (χ4n) is 2.90. The number of unbranched alkanes of at least 4 members (excludes halogenated alkanes) is 5. The number of anilines is 1. The zero-order chi connectivity index (χ0) is 22.6. The van der Waals surface area contributed by atoms with E-state index in [-0.39, 0.29) is 5.57 Å². The third-order valence-electron chi connectivity index (χ3n) is 4.54. The molecule has 1 amide bonds. The first-order chi connectivity index (χ1) is 14.9. The lowest BCUT2D eigenvalue weighted by Crippen LogP contribution is -2.13. The van der Waals surface area contributed by atoms with Crippen molar-refractivity contribution in [3.05, 3.63) is 62.6 Å². The Morgan fingerprint density at radius 1 is 1.03 bits per heavy atom. The molecule has 0 heterocycles.